The number of rotatable bonds is 12. The Labute approximate surface area is 158 Å². The van der Waals surface area contributed by atoms with Crippen LogP contribution >= 0.6 is 7.82 Å². The van der Waals surface area contributed by atoms with E-state index in [1.54, 1.807) is 11.4 Å². The predicted octanol–water partition coefficient (Wildman–Crippen LogP) is -2.70. The quantitative estimate of drug-likeness (QED) is 0.143. The Kier molecular flexibility index (Phi) is 10.1. The van der Waals surface area contributed by atoms with E-state index in [1.807, 2.05) is 0 Å². The molecule has 1 fully saturated rings. The molecule has 0 saturated carbocycles. The Morgan fingerprint density at radius 1 is 1.11 bits per heavy atom. The number of ether oxygens (including phenoxy) is 2. The average molecular weight is 481 g/mol. The first-order valence-corrected chi connectivity index (χ1v) is 15.4. The maximum absolute atomic E-state index is 11.9. The number of aliphatic hydroxyl groups excluding tert-OH is 5. The van der Waals surface area contributed by atoms with E-state index in [1.165, 1.54) is 0 Å². The zero-order valence-electron chi connectivity index (χ0n) is 15.0. The molecule has 0 aromatic heterocycles. The Morgan fingerprint density at radius 3 is 2.19 bits per heavy atom. The molecule has 0 amide bonds. The molecular formula is C13H27AsO12P-. The van der Waals surface area contributed by atoms with E-state index in [0.717, 1.165) is 0 Å². The molecular weight excluding hydrogens is 454 g/mol. The summed E-state index contributed by atoms with van der Waals surface area (Å²) < 4.78 is 42.4. The molecule has 1 aliphatic heterocycles. The average Bonchev–Trinajstić information content (AvgIpc) is 2.82. The summed E-state index contributed by atoms with van der Waals surface area (Å²) in [6, 6.07) is 0. The van der Waals surface area contributed by atoms with Crippen LogP contribution in [0.2, 0.25) is 16.6 Å². The molecule has 0 aromatic carbocycles. The van der Waals surface area contributed by atoms with Gasteiger partial charge in [-0.1, -0.05) is 0 Å². The van der Waals surface area contributed by atoms with Crippen LogP contribution in [0.1, 0.15) is 0 Å². The first kappa shape index (κ1) is 25.2. The standard InChI is InChI=1S/C13H28AsO12P/c1-14(2,20)3-10-11(18)12(19)13(26-10)23-5-9(17)7-25-27(21,22)24-6-8(16)4-15/h8-13,15-19H,3-7H2,1-2H3,(H,21,22)/p-1. The van der Waals surface area contributed by atoms with Gasteiger partial charge >= 0.3 is 136 Å². The van der Waals surface area contributed by atoms with Crippen molar-refractivity contribution >= 4 is 21.3 Å². The van der Waals surface area contributed by atoms with E-state index in [9.17, 15) is 28.5 Å². The molecule has 162 valence electrons. The Hall–Kier alpha value is 0.188. The fourth-order valence-corrected chi connectivity index (χ4v) is 5.37. The molecule has 7 atom stereocenters. The van der Waals surface area contributed by atoms with E-state index in [2.05, 4.69) is 9.05 Å². The van der Waals surface area contributed by atoms with Gasteiger partial charge in [-0.3, -0.25) is 0 Å². The SMILES string of the molecule is C[As](C)(=O)CC1OC(OCC(O)COP(=O)([O-])OCC(O)CO)C(O)C1O. The molecule has 1 heterocycles. The third-order valence-corrected chi connectivity index (χ3v) is 6.98. The topological polar surface area (TPSA) is 195 Å². The third-order valence-electron chi connectivity index (χ3n) is 3.45. The van der Waals surface area contributed by atoms with Crippen LogP contribution in [0.15, 0.2) is 0 Å². The zero-order valence-corrected chi connectivity index (χ0v) is 17.8. The Bertz CT molecular complexity index is 541. The Balaban J connectivity index is 2.38. The van der Waals surface area contributed by atoms with Crippen molar-refractivity contribution < 1.29 is 57.3 Å². The second-order valence-corrected chi connectivity index (χ2v) is 15.4. The summed E-state index contributed by atoms with van der Waals surface area (Å²) in [5, 5.41) is 47.2. The van der Waals surface area contributed by atoms with E-state index >= 15 is 0 Å². The molecule has 1 saturated heterocycles. The van der Waals surface area contributed by atoms with Crippen molar-refractivity contribution in [3.63, 3.8) is 0 Å². The molecule has 27 heavy (non-hydrogen) atoms. The third kappa shape index (κ3) is 9.49. The summed E-state index contributed by atoms with van der Waals surface area (Å²) >= 11 is -3.14. The Morgan fingerprint density at radius 2 is 1.67 bits per heavy atom. The monoisotopic (exact) mass is 481 g/mol. The summed E-state index contributed by atoms with van der Waals surface area (Å²) in [5.41, 5.74) is 3.14. The van der Waals surface area contributed by atoms with Crippen LogP contribution in [0.25, 0.3) is 0 Å². The van der Waals surface area contributed by atoms with Crippen molar-refractivity contribution in [2.75, 3.05) is 26.4 Å². The van der Waals surface area contributed by atoms with Gasteiger partial charge in [-0.15, -0.1) is 0 Å². The zero-order chi connectivity index (χ0) is 20.8. The van der Waals surface area contributed by atoms with Crippen LogP contribution in [-0.4, -0.2) is 102 Å². The van der Waals surface area contributed by atoms with Gasteiger partial charge < -0.3 is 10.2 Å². The van der Waals surface area contributed by atoms with Gasteiger partial charge in [0, 0.05) is 0 Å². The molecule has 0 radical (unpaired) electrons. The van der Waals surface area contributed by atoms with Crippen LogP contribution in [0.5, 0.6) is 0 Å². The summed E-state index contributed by atoms with van der Waals surface area (Å²) in [6.45, 7) is -2.61. The van der Waals surface area contributed by atoms with Crippen LogP contribution in [-0.2, 0) is 26.8 Å². The minimum absolute atomic E-state index is 0.0956. The van der Waals surface area contributed by atoms with Crippen molar-refractivity contribution in [2.45, 2.75) is 53.4 Å². The molecule has 0 spiro atoms. The van der Waals surface area contributed by atoms with Gasteiger partial charge in [0.25, 0.3) is 0 Å². The van der Waals surface area contributed by atoms with Crippen molar-refractivity contribution in [1.82, 2.24) is 0 Å². The summed E-state index contributed by atoms with van der Waals surface area (Å²) in [5.74, 6) is 0. The van der Waals surface area contributed by atoms with Crippen molar-refractivity contribution in [3.8, 4) is 0 Å². The van der Waals surface area contributed by atoms with Gasteiger partial charge in [0.05, 0.1) is 6.61 Å². The summed E-state index contributed by atoms with van der Waals surface area (Å²) in [6.07, 6.45) is -7.70. The van der Waals surface area contributed by atoms with E-state index in [0.29, 0.717) is 0 Å². The van der Waals surface area contributed by atoms with Gasteiger partial charge in [0.2, 0.25) is 0 Å². The van der Waals surface area contributed by atoms with Crippen molar-refractivity contribution in [1.29, 1.82) is 0 Å². The number of phosphoric ester groups is 1. The molecule has 5 N–H and O–H groups in total. The fourth-order valence-electron chi connectivity index (χ4n) is 2.14. The molecule has 12 nitrogen and oxygen atoms in total. The molecule has 0 aliphatic carbocycles. The second-order valence-electron chi connectivity index (χ2n) is 6.64. The van der Waals surface area contributed by atoms with Crippen LogP contribution in [0.4, 0.5) is 0 Å². The van der Waals surface area contributed by atoms with Gasteiger partial charge in [0.1, 0.15) is 6.10 Å². The predicted molar refractivity (Wildman–Crippen MR) is 88.2 cm³/mol. The van der Waals surface area contributed by atoms with Gasteiger partial charge in [-0.05, 0) is 0 Å². The number of hydrogen-bond donors (Lipinski definition) is 5. The van der Waals surface area contributed by atoms with E-state index in [-0.39, 0.29) is 5.21 Å². The van der Waals surface area contributed by atoms with Gasteiger partial charge in [-0.25, -0.2) is 0 Å². The maximum atomic E-state index is 11.9. The van der Waals surface area contributed by atoms with Crippen LogP contribution in [0, 0.1) is 0 Å². The van der Waals surface area contributed by atoms with Crippen LogP contribution < -0.4 is 4.89 Å². The van der Waals surface area contributed by atoms with Crippen LogP contribution in [0.3, 0.4) is 0 Å². The van der Waals surface area contributed by atoms with Gasteiger partial charge in [0.15, 0.2) is 0 Å². The number of hydrogen-bond acceptors (Lipinski definition) is 12. The first-order valence-electron chi connectivity index (χ1n) is 8.09. The molecule has 14 heteroatoms. The summed E-state index contributed by atoms with van der Waals surface area (Å²) in [4.78, 5) is 11.4. The fraction of sp³-hybridized carbons (Fsp3) is 1.00. The van der Waals surface area contributed by atoms with Crippen molar-refractivity contribution in [2.24, 2.45) is 0 Å². The molecule has 0 aromatic rings. The normalized spacial score (nSPS) is 30.8. The second kappa shape index (κ2) is 10.8. The minimum atomic E-state index is -4.80. The molecule has 0 bridgehead atoms. The van der Waals surface area contributed by atoms with E-state index in [4.69, 9.17) is 19.7 Å². The molecule has 7 unspecified atom stereocenters. The number of phosphoric acid groups is 1. The summed E-state index contributed by atoms with van der Waals surface area (Å²) in [7, 11) is -4.80. The first-order chi connectivity index (χ1) is 12.3. The molecule has 1 rings (SSSR count). The van der Waals surface area contributed by atoms with Gasteiger partial charge in [-0.2, -0.15) is 0 Å². The van der Waals surface area contributed by atoms with Crippen molar-refractivity contribution in [3.05, 3.63) is 0 Å². The molecule has 1 aliphatic rings. The van der Waals surface area contributed by atoms with E-state index < -0.39 is 84.6 Å². The number of aliphatic hydroxyl groups is 5.